The van der Waals surface area contributed by atoms with Crippen LogP contribution in [0, 0.1) is 0 Å². The predicted molar refractivity (Wildman–Crippen MR) is 114 cm³/mol. The van der Waals surface area contributed by atoms with Gasteiger partial charge in [0.1, 0.15) is 5.60 Å². The van der Waals surface area contributed by atoms with Gasteiger partial charge in [-0.3, -0.25) is 0 Å². The first-order valence-electron chi connectivity index (χ1n) is 9.98. The molecule has 2 aromatic carbocycles. The topological polar surface area (TPSA) is 64.6 Å². The Morgan fingerprint density at radius 2 is 1.66 bits per heavy atom. The van der Waals surface area contributed by atoms with Crippen molar-refractivity contribution < 1.29 is 19.1 Å². The largest absolute Gasteiger partial charge is 0.465 e. The van der Waals surface area contributed by atoms with Gasteiger partial charge in [0.15, 0.2) is 0 Å². The van der Waals surface area contributed by atoms with E-state index in [-0.39, 0.29) is 12.0 Å². The van der Waals surface area contributed by atoms with Gasteiger partial charge in [-0.2, -0.15) is 0 Å². The number of ether oxygens (including phenoxy) is 2. The van der Waals surface area contributed by atoms with Crippen molar-refractivity contribution in [2.45, 2.75) is 58.1 Å². The van der Waals surface area contributed by atoms with Crippen LogP contribution < -0.4 is 5.32 Å². The van der Waals surface area contributed by atoms with Crippen LogP contribution in [-0.2, 0) is 22.3 Å². The Morgan fingerprint density at radius 1 is 1.00 bits per heavy atom. The van der Waals surface area contributed by atoms with Gasteiger partial charge in [-0.1, -0.05) is 48.5 Å². The summed E-state index contributed by atoms with van der Waals surface area (Å²) in [6, 6.07) is 17.5. The van der Waals surface area contributed by atoms with E-state index in [2.05, 4.69) is 17.4 Å². The molecule has 0 saturated carbocycles. The zero-order valence-corrected chi connectivity index (χ0v) is 17.7. The van der Waals surface area contributed by atoms with Crippen molar-refractivity contribution in [3.8, 4) is 0 Å². The minimum atomic E-state index is -0.541. The highest BCUT2D eigenvalue weighted by Gasteiger charge is 2.20. The normalized spacial score (nSPS) is 12.1. The quantitative estimate of drug-likeness (QED) is 0.641. The van der Waals surface area contributed by atoms with Gasteiger partial charge in [0.2, 0.25) is 0 Å². The molecule has 1 N–H and O–H groups in total. The van der Waals surface area contributed by atoms with Crippen LogP contribution in [0.25, 0.3) is 0 Å². The summed E-state index contributed by atoms with van der Waals surface area (Å²) in [6.45, 7) is 5.55. The molecule has 2 aromatic rings. The number of hydrogen-bond acceptors (Lipinski definition) is 4. The van der Waals surface area contributed by atoms with Gasteiger partial charge in [0.25, 0.3) is 0 Å². The van der Waals surface area contributed by atoms with E-state index in [1.54, 1.807) is 6.07 Å². The van der Waals surface area contributed by atoms with E-state index in [1.165, 1.54) is 7.11 Å². The van der Waals surface area contributed by atoms with E-state index in [0.717, 1.165) is 36.8 Å². The minimum absolute atomic E-state index is 0.0578. The van der Waals surface area contributed by atoms with E-state index in [1.807, 2.05) is 57.2 Å². The molecule has 29 heavy (non-hydrogen) atoms. The zero-order valence-electron chi connectivity index (χ0n) is 17.7. The second-order valence-electron chi connectivity index (χ2n) is 8.07. The van der Waals surface area contributed by atoms with Crippen LogP contribution in [0.4, 0.5) is 4.79 Å². The van der Waals surface area contributed by atoms with Crippen molar-refractivity contribution >= 4 is 12.1 Å². The van der Waals surface area contributed by atoms with Crippen LogP contribution in [-0.4, -0.2) is 30.8 Å². The Balaban J connectivity index is 2.02. The number of benzene rings is 2. The molecule has 5 nitrogen and oxygen atoms in total. The maximum Gasteiger partial charge on any atom is 0.407 e. The van der Waals surface area contributed by atoms with Crippen LogP contribution in [0.5, 0.6) is 0 Å². The first-order valence-corrected chi connectivity index (χ1v) is 9.98. The van der Waals surface area contributed by atoms with Crippen LogP contribution in [0.1, 0.15) is 55.1 Å². The molecule has 2 rings (SSSR count). The van der Waals surface area contributed by atoms with E-state index in [0.29, 0.717) is 5.56 Å². The number of nitrogens with one attached hydrogen (secondary N) is 1. The van der Waals surface area contributed by atoms with Crippen LogP contribution in [0.2, 0.25) is 0 Å². The molecular weight excluding hydrogens is 366 g/mol. The van der Waals surface area contributed by atoms with Crippen molar-refractivity contribution in [1.29, 1.82) is 0 Å². The van der Waals surface area contributed by atoms with Crippen molar-refractivity contribution in [2.75, 3.05) is 7.11 Å². The summed E-state index contributed by atoms with van der Waals surface area (Å²) in [5.74, 6) is -0.326. The number of esters is 1. The summed E-state index contributed by atoms with van der Waals surface area (Å²) in [7, 11) is 1.39. The first-order chi connectivity index (χ1) is 13.8. The predicted octanol–water partition coefficient (Wildman–Crippen LogP) is 4.93. The number of carbonyl (C=O) groups excluding carboxylic acids is 2. The summed E-state index contributed by atoms with van der Waals surface area (Å²) >= 11 is 0. The molecule has 5 heteroatoms. The lowest BCUT2D eigenvalue weighted by Crippen LogP contribution is -2.40. The molecule has 0 aromatic heterocycles. The van der Waals surface area contributed by atoms with Crippen molar-refractivity contribution in [3.63, 3.8) is 0 Å². The summed E-state index contributed by atoms with van der Waals surface area (Å²) in [5, 5.41) is 3.00. The van der Waals surface area contributed by atoms with E-state index < -0.39 is 11.7 Å². The van der Waals surface area contributed by atoms with Gasteiger partial charge < -0.3 is 14.8 Å². The lowest BCUT2D eigenvalue weighted by Gasteiger charge is -2.24. The third kappa shape index (κ3) is 7.98. The summed E-state index contributed by atoms with van der Waals surface area (Å²) in [4.78, 5) is 24.2. The van der Waals surface area contributed by atoms with Crippen molar-refractivity contribution in [3.05, 3.63) is 71.3 Å². The molecule has 0 spiro atoms. The molecule has 156 valence electrons. The Kier molecular flexibility index (Phi) is 8.25. The van der Waals surface area contributed by atoms with Gasteiger partial charge in [-0.15, -0.1) is 0 Å². The lowest BCUT2D eigenvalue weighted by atomic mass is 9.97. The first kappa shape index (κ1) is 22.5. The third-order valence-electron chi connectivity index (χ3n) is 4.47. The van der Waals surface area contributed by atoms with E-state index in [4.69, 9.17) is 9.47 Å². The van der Waals surface area contributed by atoms with Crippen molar-refractivity contribution in [1.82, 2.24) is 5.32 Å². The fourth-order valence-corrected chi connectivity index (χ4v) is 3.18. The highest BCUT2D eigenvalue weighted by molar-refractivity contribution is 5.90. The van der Waals surface area contributed by atoms with Gasteiger partial charge in [0.05, 0.1) is 12.7 Å². The summed E-state index contributed by atoms with van der Waals surface area (Å²) in [6.07, 6.45) is 2.63. The van der Waals surface area contributed by atoms with Gasteiger partial charge in [-0.25, -0.2) is 9.59 Å². The van der Waals surface area contributed by atoms with E-state index >= 15 is 0 Å². The third-order valence-corrected chi connectivity index (χ3v) is 4.47. The van der Waals surface area contributed by atoms with Crippen LogP contribution >= 0.6 is 0 Å². The number of hydrogen-bond donors (Lipinski definition) is 1. The number of methoxy groups -OCH3 is 1. The maximum atomic E-state index is 12.3. The lowest BCUT2D eigenvalue weighted by molar-refractivity contribution is 0.0500. The molecule has 0 aliphatic heterocycles. The molecule has 0 heterocycles. The smallest absolute Gasteiger partial charge is 0.407 e. The van der Waals surface area contributed by atoms with Gasteiger partial charge >= 0.3 is 12.1 Å². The Hall–Kier alpha value is -2.82. The molecule has 1 unspecified atom stereocenters. The van der Waals surface area contributed by atoms with E-state index in [9.17, 15) is 9.59 Å². The molecule has 0 bridgehead atoms. The standard InChI is InChI=1S/C24H31NO4/c1-24(2,3)29-23(27)25-20(17-18-11-6-5-7-12-18)15-10-14-19-13-8-9-16-21(19)22(26)28-4/h5-9,11-13,16,20H,10,14-15,17H2,1-4H3,(H,25,27). The number of aryl methyl sites for hydroxylation is 1. The average molecular weight is 398 g/mol. The fourth-order valence-electron chi connectivity index (χ4n) is 3.18. The monoisotopic (exact) mass is 397 g/mol. The molecule has 1 amide bonds. The average Bonchev–Trinajstić information content (AvgIpc) is 2.67. The molecule has 0 aliphatic rings. The molecule has 0 radical (unpaired) electrons. The Morgan fingerprint density at radius 3 is 2.31 bits per heavy atom. The Labute approximate surface area is 173 Å². The SMILES string of the molecule is COC(=O)c1ccccc1CCCC(Cc1ccccc1)NC(=O)OC(C)(C)C. The summed E-state index contributed by atoms with van der Waals surface area (Å²) < 4.78 is 10.3. The molecule has 0 aliphatic carbocycles. The molecule has 0 fully saturated rings. The second-order valence-corrected chi connectivity index (χ2v) is 8.07. The molecular formula is C24H31NO4. The maximum absolute atomic E-state index is 12.3. The molecule has 1 atom stereocenters. The minimum Gasteiger partial charge on any atom is -0.465 e. The van der Waals surface area contributed by atoms with Crippen molar-refractivity contribution in [2.24, 2.45) is 0 Å². The highest BCUT2D eigenvalue weighted by atomic mass is 16.6. The second kappa shape index (κ2) is 10.6. The number of amides is 1. The number of rotatable bonds is 8. The van der Waals surface area contributed by atoms with Gasteiger partial charge in [-0.05, 0) is 63.6 Å². The molecule has 0 saturated heterocycles. The van der Waals surface area contributed by atoms with Crippen LogP contribution in [0.3, 0.4) is 0 Å². The Bertz CT molecular complexity index is 796. The number of carbonyl (C=O) groups is 2. The highest BCUT2D eigenvalue weighted by Crippen LogP contribution is 2.16. The van der Waals surface area contributed by atoms with Gasteiger partial charge in [0, 0.05) is 6.04 Å². The van der Waals surface area contributed by atoms with Crippen LogP contribution in [0.15, 0.2) is 54.6 Å². The fraction of sp³-hybridized carbons (Fsp3) is 0.417. The number of alkyl carbamates (subject to hydrolysis) is 1. The zero-order chi connectivity index (χ0) is 21.3. The summed E-state index contributed by atoms with van der Waals surface area (Å²) in [5.41, 5.74) is 2.16.